The van der Waals surface area contributed by atoms with Crippen LogP contribution in [0.5, 0.6) is 5.75 Å². The van der Waals surface area contributed by atoms with Crippen molar-refractivity contribution in [3.8, 4) is 5.75 Å². The van der Waals surface area contributed by atoms with Crippen LogP contribution < -0.4 is 10.5 Å². The third-order valence-corrected chi connectivity index (χ3v) is 3.26. The van der Waals surface area contributed by atoms with Crippen molar-refractivity contribution < 1.29 is 4.74 Å². The maximum Gasteiger partial charge on any atom is 0.147 e. The summed E-state index contributed by atoms with van der Waals surface area (Å²) in [5.74, 6) is 0.832. The van der Waals surface area contributed by atoms with E-state index >= 15 is 0 Å². The number of hydrogen-bond donors (Lipinski definition) is 1. The quantitative estimate of drug-likeness (QED) is 0.886. The number of halogens is 2. The Morgan fingerprint density at radius 2 is 1.81 bits per heavy atom. The zero-order valence-electron chi connectivity index (χ0n) is 9.46. The molecule has 90 valence electrons. The zero-order chi connectivity index (χ0) is 12.1. The Balaban J connectivity index is 2.72. The second kappa shape index (κ2) is 6.59. The fourth-order valence-corrected chi connectivity index (χ4v) is 2.71. The highest BCUT2D eigenvalue weighted by atomic mass is 79.9. The number of benzene rings is 1. The van der Waals surface area contributed by atoms with E-state index in [0.717, 1.165) is 26.8 Å². The van der Waals surface area contributed by atoms with Gasteiger partial charge in [0.25, 0.3) is 0 Å². The molecule has 2 N–H and O–H groups in total. The van der Waals surface area contributed by atoms with Crippen molar-refractivity contribution in [3.05, 3.63) is 26.6 Å². The van der Waals surface area contributed by atoms with Crippen molar-refractivity contribution in [2.75, 3.05) is 27.2 Å². The van der Waals surface area contributed by atoms with Crippen molar-refractivity contribution in [3.63, 3.8) is 0 Å². The largest absolute Gasteiger partial charge is 0.490 e. The lowest BCUT2D eigenvalue weighted by molar-refractivity contribution is 0.259. The molecule has 16 heavy (non-hydrogen) atoms. The van der Waals surface area contributed by atoms with E-state index in [4.69, 9.17) is 10.5 Å². The minimum Gasteiger partial charge on any atom is -0.490 e. The first-order valence-corrected chi connectivity index (χ1v) is 6.58. The molecule has 1 aromatic carbocycles. The number of rotatable bonds is 5. The summed E-state index contributed by atoms with van der Waals surface area (Å²) in [5.41, 5.74) is 6.66. The summed E-state index contributed by atoms with van der Waals surface area (Å²) in [6.07, 6.45) is 0. The van der Waals surface area contributed by atoms with E-state index in [0.29, 0.717) is 13.2 Å². The van der Waals surface area contributed by atoms with Gasteiger partial charge in [0.05, 0.1) is 8.95 Å². The molecule has 0 saturated carbocycles. The van der Waals surface area contributed by atoms with Gasteiger partial charge in [0.2, 0.25) is 0 Å². The van der Waals surface area contributed by atoms with Crippen LogP contribution in [-0.2, 0) is 6.54 Å². The Hall–Kier alpha value is -0.100. The van der Waals surface area contributed by atoms with Gasteiger partial charge in [-0.15, -0.1) is 0 Å². The third kappa shape index (κ3) is 4.05. The average Bonchev–Trinajstić information content (AvgIpc) is 2.21. The van der Waals surface area contributed by atoms with Crippen LogP contribution in [0.4, 0.5) is 0 Å². The minimum atomic E-state index is 0.523. The van der Waals surface area contributed by atoms with Gasteiger partial charge in [-0.1, -0.05) is 0 Å². The summed E-state index contributed by atoms with van der Waals surface area (Å²) in [6, 6.07) is 3.96. The van der Waals surface area contributed by atoms with Crippen molar-refractivity contribution in [2.24, 2.45) is 5.73 Å². The van der Waals surface area contributed by atoms with E-state index in [1.807, 2.05) is 26.2 Å². The summed E-state index contributed by atoms with van der Waals surface area (Å²) >= 11 is 6.96. The maximum absolute atomic E-state index is 5.70. The summed E-state index contributed by atoms with van der Waals surface area (Å²) in [4.78, 5) is 2.08. The molecule has 0 aromatic heterocycles. The van der Waals surface area contributed by atoms with Gasteiger partial charge in [-0.25, -0.2) is 0 Å². The van der Waals surface area contributed by atoms with E-state index in [-0.39, 0.29) is 0 Å². The Bertz CT molecular complexity index is 333. The lowest BCUT2D eigenvalue weighted by Gasteiger charge is -2.14. The second-order valence-corrected chi connectivity index (χ2v) is 5.45. The van der Waals surface area contributed by atoms with Gasteiger partial charge in [-0.3, -0.25) is 0 Å². The highest BCUT2D eigenvalue weighted by molar-refractivity contribution is 9.11. The molecule has 3 nitrogen and oxygen atoms in total. The first-order valence-electron chi connectivity index (χ1n) is 5.00. The summed E-state index contributed by atoms with van der Waals surface area (Å²) < 4.78 is 7.56. The first kappa shape index (κ1) is 14.0. The summed E-state index contributed by atoms with van der Waals surface area (Å²) in [6.45, 7) is 2.07. The first-order chi connectivity index (χ1) is 7.54. The molecule has 0 unspecified atom stereocenters. The predicted molar refractivity (Wildman–Crippen MR) is 73.8 cm³/mol. The average molecular weight is 352 g/mol. The van der Waals surface area contributed by atoms with E-state index in [1.54, 1.807) is 0 Å². The van der Waals surface area contributed by atoms with E-state index in [1.165, 1.54) is 0 Å². The summed E-state index contributed by atoms with van der Waals surface area (Å²) in [5, 5.41) is 0. The molecule has 0 atom stereocenters. The molecule has 0 aliphatic rings. The van der Waals surface area contributed by atoms with Gasteiger partial charge in [0.15, 0.2) is 0 Å². The molecule has 1 rings (SSSR count). The molecule has 0 saturated heterocycles. The van der Waals surface area contributed by atoms with Crippen molar-refractivity contribution in [2.45, 2.75) is 6.54 Å². The molecule has 1 aromatic rings. The van der Waals surface area contributed by atoms with E-state index < -0.39 is 0 Å². The smallest absolute Gasteiger partial charge is 0.147 e. The highest BCUT2D eigenvalue weighted by Gasteiger charge is 2.08. The van der Waals surface area contributed by atoms with Crippen molar-refractivity contribution in [1.82, 2.24) is 4.90 Å². The molecule has 0 radical (unpaired) electrons. The Morgan fingerprint density at radius 1 is 1.25 bits per heavy atom. The normalized spacial score (nSPS) is 10.9. The fourth-order valence-electron chi connectivity index (χ4n) is 1.20. The molecule has 0 amide bonds. The Morgan fingerprint density at radius 3 is 2.25 bits per heavy atom. The predicted octanol–water partition coefficient (Wildman–Crippen LogP) is 2.61. The van der Waals surface area contributed by atoms with Gasteiger partial charge in [0.1, 0.15) is 12.4 Å². The zero-order valence-corrected chi connectivity index (χ0v) is 12.6. The molecule has 0 heterocycles. The van der Waals surface area contributed by atoms with Crippen LogP contribution in [0.2, 0.25) is 0 Å². The number of hydrogen-bond acceptors (Lipinski definition) is 3. The molecule has 0 aliphatic carbocycles. The van der Waals surface area contributed by atoms with E-state index in [9.17, 15) is 0 Å². The SMILES string of the molecule is CN(C)CCOc1c(Br)cc(CN)cc1Br. The fraction of sp³-hybridized carbons (Fsp3) is 0.455. The third-order valence-electron chi connectivity index (χ3n) is 2.08. The Kier molecular flexibility index (Phi) is 5.75. The van der Waals surface area contributed by atoms with Crippen LogP contribution in [0.1, 0.15) is 5.56 Å². The molecule has 0 fully saturated rings. The lowest BCUT2D eigenvalue weighted by atomic mass is 10.2. The van der Waals surface area contributed by atoms with Crippen molar-refractivity contribution in [1.29, 1.82) is 0 Å². The van der Waals surface area contributed by atoms with E-state index in [2.05, 4.69) is 36.8 Å². The van der Waals surface area contributed by atoms with Gasteiger partial charge in [0, 0.05) is 13.1 Å². The van der Waals surface area contributed by atoms with Crippen LogP contribution in [0.3, 0.4) is 0 Å². The van der Waals surface area contributed by atoms with Crippen LogP contribution >= 0.6 is 31.9 Å². The molecular formula is C11H16Br2N2O. The molecule has 5 heteroatoms. The van der Waals surface area contributed by atoms with Gasteiger partial charge in [-0.2, -0.15) is 0 Å². The van der Waals surface area contributed by atoms with Crippen LogP contribution in [0.15, 0.2) is 21.1 Å². The monoisotopic (exact) mass is 350 g/mol. The van der Waals surface area contributed by atoms with Gasteiger partial charge in [-0.05, 0) is 63.7 Å². The molecular weight excluding hydrogens is 336 g/mol. The molecule has 0 aliphatic heterocycles. The topological polar surface area (TPSA) is 38.5 Å². The second-order valence-electron chi connectivity index (χ2n) is 3.74. The molecule has 0 bridgehead atoms. The maximum atomic E-state index is 5.70. The standard InChI is InChI=1S/C11H16Br2N2O/c1-15(2)3-4-16-11-9(12)5-8(7-14)6-10(11)13/h5-6H,3-4,7,14H2,1-2H3. The van der Waals surface area contributed by atoms with Crippen LogP contribution in [0.25, 0.3) is 0 Å². The minimum absolute atomic E-state index is 0.523. The lowest BCUT2D eigenvalue weighted by Crippen LogP contribution is -2.19. The van der Waals surface area contributed by atoms with Gasteiger partial charge < -0.3 is 15.4 Å². The highest BCUT2D eigenvalue weighted by Crippen LogP contribution is 2.34. The number of ether oxygens (including phenoxy) is 1. The Labute approximate surface area is 113 Å². The van der Waals surface area contributed by atoms with Gasteiger partial charge >= 0.3 is 0 Å². The number of likely N-dealkylation sites (N-methyl/N-ethyl adjacent to an activating group) is 1. The van der Waals surface area contributed by atoms with Crippen LogP contribution in [-0.4, -0.2) is 32.1 Å². The number of nitrogens with zero attached hydrogens (tertiary/aromatic N) is 1. The van der Waals surface area contributed by atoms with Crippen molar-refractivity contribution >= 4 is 31.9 Å². The van der Waals surface area contributed by atoms with Crippen LogP contribution in [0, 0.1) is 0 Å². The number of nitrogens with two attached hydrogens (primary N) is 1. The summed E-state index contributed by atoms with van der Waals surface area (Å²) in [7, 11) is 4.04. The molecule has 0 spiro atoms.